The first-order valence-electron chi connectivity index (χ1n) is 6.72. The van der Waals surface area contributed by atoms with Crippen LogP contribution in [0.1, 0.15) is 13.8 Å². The van der Waals surface area contributed by atoms with Crippen LogP contribution in [0, 0.1) is 10.8 Å². The molecule has 0 aromatic heterocycles. The number of esters is 2. The minimum atomic E-state index is -1.36. The standard InChI is InChI=1S/C14H24O8/c1-13(7-15,8-16)11(19)21-5-3-4-6-22-12(20)14(2,9-17)10-18/h3-4,15-18H,5-10H2,1-2H3/b4-3-. The topological polar surface area (TPSA) is 134 Å². The van der Waals surface area contributed by atoms with Gasteiger partial charge in [-0.25, -0.2) is 0 Å². The highest BCUT2D eigenvalue weighted by Crippen LogP contribution is 2.17. The maximum Gasteiger partial charge on any atom is 0.316 e. The van der Waals surface area contributed by atoms with Crippen LogP contribution in [-0.2, 0) is 19.1 Å². The van der Waals surface area contributed by atoms with Crippen LogP contribution in [0.3, 0.4) is 0 Å². The molecule has 128 valence electrons. The van der Waals surface area contributed by atoms with Crippen LogP contribution >= 0.6 is 0 Å². The van der Waals surface area contributed by atoms with Gasteiger partial charge in [-0.2, -0.15) is 0 Å². The summed E-state index contributed by atoms with van der Waals surface area (Å²) >= 11 is 0. The van der Waals surface area contributed by atoms with Gasteiger partial charge in [0.15, 0.2) is 0 Å². The molecule has 0 aliphatic rings. The molecule has 0 heterocycles. The Hall–Kier alpha value is -1.48. The molecular formula is C14H24O8. The predicted octanol–water partition coefficient (Wildman–Crippen LogP) is -1.39. The Bertz CT molecular complexity index is 346. The molecule has 4 N–H and O–H groups in total. The minimum absolute atomic E-state index is 0.108. The van der Waals surface area contributed by atoms with E-state index in [-0.39, 0.29) is 13.2 Å². The van der Waals surface area contributed by atoms with E-state index in [9.17, 15) is 9.59 Å². The van der Waals surface area contributed by atoms with Gasteiger partial charge in [0.25, 0.3) is 0 Å². The Balaban J connectivity index is 4.13. The van der Waals surface area contributed by atoms with Crippen LogP contribution in [0.4, 0.5) is 0 Å². The van der Waals surface area contributed by atoms with Crippen molar-refractivity contribution in [3.05, 3.63) is 12.2 Å². The Kier molecular flexibility index (Phi) is 8.88. The number of aliphatic hydroxyl groups is 4. The molecule has 8 nitrogen and oxygen atoms in total. The Morgan fingerprint density at radius 2 is 1.05 bits per heavy atom. The predicted molar refractivity (Wildman–Crippen MR) is 75.6 cm³/mol. The van der Waals surface area contributed by atoms with Gasteiger partial charge in [0, 0.05) is 0 Å². The van der Waals surface area contributed by atoms with E-state index in [4.69, 9.17) is 29.9 Å². The van der Waals surface area contributed by atoms with Crippen molar-refractivity contribution in [2.75, 3.05) is 39.6 Å². The van der Waals surface area contributed by atoms with Crippen molar-refractivity contribution in [2.45, 2.75) is 13.8 Å². The lowest BCUT2D eigenvalue weighted by Gasteiger charge is -2.22. The molecule has 22 heavy (non-hydrogen) atoms. The van der Waals surface area contributed by atoms with E-state index < -0.39 is 49.2 Å². The summed E-state index contributed by atoms with van der Waals surface area (Å²) in [6, 6.07) is 0. The molecule has 0 bridgehead atoms. The van der Waals surface area contributed by atoms with Crippen molar-refractivity contribution in [1.82, 2.24) is 0 Å². The third kappa shape index (κ3) is 5.72. The van der Waals surface area contributed by atoms with Crippen LogP contribution in [0.5, 0.6) is 0 Å². The van der Waals surface area contributed by atoms with Crippen LogP contribution in [0.2, 0.25) is 0 Å². The molecule has 0 fully saturated rings. The summed E-state index contributed by atoms with van der Waals surface area (Å²) in [4.78, 5) is 23.1. The molecule has 0 spiro atoms. The highest BCUT2D eigenvalue weighted by molar-refractivity contribution is 5.77. The zero-order valence-electron chi connectivity index (χ0n) is 12.8. The van der Waals surface area contributed by atoms with Gasteiger partial charge in [0.1, 0.15) is 24.0 Å². The molecule has 0 radical (unpaired) electrons. The third-order valence-corrected chi connectivity index (χ3v) is 3.17. The van der Waals surface area contributed by atoms with Crippen LogP contribution in [0.15, 0.2) is 12.2 Å². The van der Waals surface area contributed by atoms with Gasteiger partial charge in [0.2, 0.25) is 0 Å². The van der Waals surface area contributed by atoms with Crippen molar-refractivity contribution in [1.29, 1.82) is 0 Å². The lowest BCUT2D eigenvalue weighted by Crippen LogP contribution is -2.37. The van der Waals surface area contributed by atoms with Crippen LogP contribution < -0.4 is 0 Å². The number of aliphatic hydroxyl groups excluding tert-OH is 4. The summed E-state index contributed by atoms with van der Waals surface area (Å²) in [6.07, 6.45) is 2.85. The molecule has 0 amide bonds. The Labute approximate surface area is 129 Å². The van der Waals surface area contributed by atoms with Gasteiger partial charge in [-0.3, -0.25) is 9.59 Å². The number of hydrogen-bond acceptors (Lipinski definition) is 8. The Morgan fingerprint density at radius 3 is 1.27 bits per heavy atom. The van der Waals surface area contributed by atoms with E-state index in [2.05, 4.69) is 0 Å². The van der Waals surface area contributed by atoms with Gasteiger partial charge in [-0.05, 0) is 26.0 Å². The normalized spacial score (nSPS) is 12.5. The smallest absolute Gasteiger partial charge is 0.316 e. The van der Waals surface area contributed by atoms with Gasteiger partial charge in [-0.1, -0.05) is 0 Å². The highest BCUT2D eigenvalue weighted by Gasteiger charge is 2.34. The number of ether oxygens (including phenoxy) is 2. The number of carbonyl (C=O) groups excluding carboxylic acids is 2. The van der Waals surface area contributed by atoms with E-state index in [1.54, 1.807) is 0 Å². The summed E-state index contributed by atoms with van der Waals surface area (Å²) in [5.41, 5.74) is -2.71. The van der Waals surface area contributed by atoms with Gasteiger partial charge in [-0.15, -0.1) is 0 Å². The molecule has 0 aromatic carbocycles. The zero-order valence-corrected chi connectivity index (χ0v) is 12.8. The summed E-state index contributed by atoms with van der Waals surface area (Å²) < 4.78 is 9.68. The summed E-state index contributed by atoms with van der Waals surface area (Å²) in [7, 11) is 0. The molecule has 0 saturated carbocycles. The van der Waals surface area contributed by atoms with Gasteiger partial charge < -0.3 is 29.9 Å². The summed E-state index contributed by atoms with van der Waals surface area (Å²) in [5, 5.41) is 36.0. The van der Waals surface area contributed by atoms with E-state index in [0.29, 0.717) is 0 Å². The van der Waals surface area contributed by atoms with E-state index in [0.717, 1.165) is 0 Å². The van der Waals surface area contributed by atoms with Crippen molar-refractivity contribution in [3.63, 3.8) is 0 Å². The average molecular weight is 320 g/mol. The van der Waals surface area contributed by atoms with Crippen LogP contribution in [0.25, 0.3) is 0 Å². The zero-order chi connectivity index (χ0) is 17.2. The second-order valence-corrected chi connectivity index (χ2v) is 5.42. The summed E-state index contributed by atoms with van der Waals surface area (Å²) in [5.74, 6) is -1.49. The van der Waals surface area contributed by atoms with Gasteiger partial charge in [0.05, 0.1) is 26.4 Å². The van der Waals surface area contributed by atoms with Crippen molar-refractivity contribution >= 4 is 11.9 Å². The molecule has 0 rings (SSSR count). The van der Waals surface area contributed by atoms with Crippen LogP contribution in [-0.4, -0.2) is 72.0 Å². The fraction of sp³-hybridized carbons (Fsp3) is 0.714. The van der Waals surface area contributed by atoms with Crippen molar-refractivity contribution in [3.8, 4) is 0 Å². The van der Waals surface area contributed by atoms with Crippen molar-refractivity contribution < 1.29 is 39.5 Å². The lowest BCUT2D eigenvalue weighted by molar-refractivity contribution is -0.160. The monoisotopic (exact) mass is 320 g/mol. The molecule has 0 saturated heterocycles. The molecule has 0 aliphatic heterocycles. The molecule has 8 heteroatoms. The lowest BCUT2D eigenvalue weighted by atomic mass is 9.93. The Morgan fingerprint density at radius 1 is 0.773 bits per heavy atom. The number of carbonyl (C=O) groups is 2. The number of hydrogen-bond donors (Lipinski definition) is 4. The first-order valence-corrected chi connectivity index (χ1v) is 6.72. The molecule has 0 atom stereocenters. The maximum absolute atomic E-state index is 11.6. The minimum Gasteiger partial charge on any atom is -0.461 e. The summed E-state index contributed by atoms with van der Waals surface area (Å²) in [6.45, 7) is 0.369. The molecule has 0 unspecified atom stereocenters. The average Bonchev–Trinajstić information content (AvgIpc) is 2.55. The van der Waals surface area contributed by atoms with E-state index in [1.165, 1.54) is 26.0 Å². The number of rotatable bonds is 10. The third-order valence-electron chi connectivity index (χ3n) is 3.17. The SMILES string of the molecule is CC(CO)(CO)C(=O)OC/C=C\COC(=O)C(C)(CO)CO. The molecular weight excluding hydrogens is 296 g/mol. The van der Waals surface area contributed by atoms with E-state index >= 15 is 0 Å². The highest BCUT2D eigenvalue weighted by atomic mass is 16.5. The maximum atomic E-state index is 11.6. The van der Waals surface area contributed by atoms with Gasteiger partial charge >= 0.3 is 11.9 Å². The first kappa shape index (κ1) is 20.5. The van der Waals surface area contributed by atoms with E-state index in [1.807, 2.05) is 0 Å². The second-order valence-electron chi connectivity index (χ2n) is 5.42. The molecule has 0 aliphatic carbocycles. The fourth-order valence-corrected chi connectivity index (χ4v) is 1.09. The van der Waals surface area contributed by atoms with Crippen molar-refractivity contribution in [2.24, 2.45) is 10.8 Å². The quantitative estimate of drug-likeness (QED) is 0.286. The molecule has 0 aromatic rings. The first-order chi connectivity index (χ1) is 10.3. The second kappa shape index (κ2) is 9.52. The largest absolute Gasteiger partial charge is 0.461 e. The fourth-order valence-electron chi connectivity index (χ4n) is 1.09.